The second-order valence-corrected chi connectivity index (χ2v) is 6.94. The zero-order valence-electron chi connectivity index (χ0n) is 16.4. The Morgan fingerprint density at radius 2 is 1.83 bits per heavy atom. The normalized spacial score (nSPS) is 11.8. The average Bonchev–Trinajstić information content (AvgIpc) is 2.73. The number of carboxylic acid groups (broad SMARTS) is 1. The van der Waals surface area contributed by atoms with E-state index in [1.807, 2.05) is 37.3 Å². The molecule has 150 valence electrons. The molecule has 0 bridgehead atoms. The van der Waals surface area contributed by atoms with Gasteiger partial charge >= 0.3 is 5.97 Å². The predicted molar refractivity (Wildman–Crippen MR) is 113 cm³/mol. The molecule has 3 aromatic rings. The maximum Gasteiger partial charge on any atom is 0.326 e. The number of benzene rings is 2. The largest absolute Gasteiger partial charge is 0.508 e. The Morgan fingerprint density at radius 3 is 2.48 bits per heavy atom. The van der Waals surface area contributed by atoms with E-state index in [-0.39, 0.29) is 5.75 Å². The van der Waals surface area contributed by atoms with Crippen molar-refractivity contribution >= 4 is 11.8 Å². The van der Waals surface area contributed by atoms with Crippen LogP contribution in [-0.2, 0) is 11.2 Å². The lowest BCUT2D eigenvalue weighted by molar-refractivity contribution is -0.138. The van der Waals surface area contributed by atoms with Crippen molar-refractivity contribution < 1.29 is 15.0 Å². The number of nitrogens with zero attached hydrogens (tertiary/aromatic N) is 2. The van der Waals surface area contributed by atoms with Crippen molar-refractivity contribution in [3.63, 3.8) is 0 Å². The molecule has 0 amide bonds. The number of phenolic OH excluding ortho intramolecular Hbond substituents is 1. The maximum atomic E-state index is 11.7. The summed E-state index contributed by atoms with van der Waals surface area (Å²) in [5.74, 6) is -0.224. The Kier molecular flexibility index (Phi) is 6.79. The van der Waals surface area contributed by atoms with Gasteiger partial charge in [0.2, 0.25) is 0 Å². The van der Waals surface area contributed by atoms with Crippen molar-refractivity contribution in [3.05, 3.63) is 72.1 Å². The molecular weight excluding hydrogens is 366 g/mol. The van der Waals surface area contributed by atoms with Crippen LogP contribution in [0.4, 0.5) is 5.82 Å². The number of aromatic hydroxyl groups is 1. The van der Waals surface area contributed by atoms with Crippen LogP contribution in [0.3, 0.4) is 0 Å². The fraction of sp³-hybridized carbons (Fsp3) is 0.261. The van der Waals surface area contributed by atoms with E-state index in [1.54, 1.807) is 30.5 Å². The van der Waals surface area contributed by atoms with Crippen molar-refractivity contribution in [2.45, 2.75) is 38.6 Å². The summed E-state index contributed by atoms with van der Waals surface area (Å²) in [6.45, 7) is 2.03. The van der Waals surface area contributed by atoms with Crippen LogP contribution in [0.2, 0.25) is 0 Å². The van der Waals surface area contributed by atoms with Crippen LogP contribution < -0.4 is 5.32 Å². The molecule has 3 rings (SSSR count). The van der Waals surface area contributed by atoms with Gasteiger partial charge in [0.25, 0.3) is 0 Å². The molecular formula is C23H25N3O3. The molecule has 0 saturated heterocycles. The third-order valence-electron chi connectivity index (χ3n) is 4.68. The molecule has 0 aliphatic heterocycles. The Bertz CT molecular complexity index is 943. The monoisotopic (exact) mass is 391 g/mol. The van der Waals surface area contributed by atoms with Crippen molar-refractivity contribution in [2.75, 3.05) is 5.32 Å². The first-order valence-corrected chi connectivity index (χ1v) is 9.75. The molecule has 6 nitrogen and oxygen atoms in total. The summed E-state index contributed by atoms with van der Waals surface area (Å²) in [5, 5.41) is 22.2. The molecule has 6 heteroatoms. The number of carbonyl (C=O) groups is 1. The molecule has 0 spiro atoms. The maximum absolute atomic E-state index is 11.7. The highest BCUT2D eigenvalue weighted by Gasteiger charge is 2.20. The third kappa shape index (κ3) is 5.54. The van der Waals surface area contributed by atoms with Crippen molar-refractivity contribution in [1.29, 1.82) is 0 Å². The molecule has 1 heterocycles. The summed E-state index contributed by atoms with van der Waals surface area (Å²) in [4.78, 5) is 20.9. The minimum Gasteiger partial charge on any atom is -0.508 e. The first kappa shape index (κ1) is 20.3. The van der Waals surface area contributed by atoms with E-state index < -0.39 is 12.0 Å². The zero-order valence-corrected chi connectivity index (χ0v) is 16.4. The fourth-order valence-corrected chi connectivity index (χ4v) is 3.06. The van der Waals surface area contributed by atoms with Crippen LogP contribution in [0.25, 0.3) is 11.3 Å². The van der Waals surface area contributed by atoms with Gasteiger partial charge in [-0.3, -0.25) is 0 Å². The number of hydrogen-bond acceptors (Lipinski definition) is 5. The summed E-state index contributed by atoms with van der Waals surface area (Å²) in [6, 6.07) is 15.9. The van der Waals surface area contributed by atoms with E-state index >= 15 is 0 Å². The molecule has 0 aliphatic rings. The lowest BCUT2D eigenvalue weighted by Crippen LogP contribution is -2.30. The number of unbranched alkanes of at least 4 members (excludes halogenated alkanes) is 1. The number of phenols is 1. The minimum absolute atomic E-state index is 0.185. The SMILES string of the molecule is CCCCC(Nc1ncc(-c2ccc(O)cc2)nc1Cc1ccccc1)C(=O)O. The van der Waals surface area contributed by atoms with Gasteiger partial charge < -0.3 is 15.5 Å². The quantitative estimate of drug-likeness (QED) is 0.497. The number of carboxylic acids is 1. The summed E-state index contributed by atoms with van der Waals surface area (Å²) < 4.78 is 0. The molecule has 0 fully saturated rings. The molecule has 0 aliphatic carbocycles. The van der Waals surface area contributed by atoms with Crippen molar-refractivity contribution in [3.8, 4) is 17.0 Å². The standard InChI is InChI=1S/C23H25N3O3/c1-2-3-9-19(23(28)29)26-22-20(14-16-7-5-4-6-8-16)25-21(15-24-22)17-10-12-18(27)13-11-17/h4-8,10-13,15,19,27H,2-3,9,14H2,1H3,(H,24,26)(H,28,29). The molecule has 3 N–H and O–H groups in total. The lowest BCUT2D eigenvalue weighted by Gasteiger charge is -2.17. The molecule has 0 saturated carbocycles. The lowest BCUT2D eigenvalue weighted by atomic mass is 10.1. The summed E-state index contributed by atoms with van der Waals surface area (Å²) in [5.41, 5.74) is 3.25. The van der Waals surface area contributed by atoms with E-state index in [0.29, 0.717) is 30.0 Å². The topological polar surface area (TPSA) is 95.3 Å². The van der Waals surface area contributed by atoms with Crippen molar-refractivity contribution in [1.82, 2.24) is 9.97 Å². The highest BCUT2D eigenvalue weighted by molar-refractivity contribution is 5.77. The zero-order chi connectivity index (χ0) is 20.6. The first-order valence-electron chi connectivity index (χ1n) is 9.75. The van der Waals surface area contributed by atoms with E-state index in [0.717, 1.165) is 24.0 Å². The summed E-state index contributed by atoms with van der Waals surface area (Å²) >= 11 is 0. The van der Waals surface area contributed by atoms with E-state index in [1.165, 1.54) is 0 Å². The molecule has 1 unspecified atom stereocenters. The highest BCUT2D eigenvalue weighted by Crippen LogP contribution is 2.24. The van der Waals surface area contributed by atoms with Gasteiger partial charge in [0.05, 0.1) is 17.6 Å². The molecule has 1 aromatic heterocycles. The molecule has 0 radical (unpaired) electrons. The predicted octanol–water partition coefficient (Wildman–Crippen LogP) is 4.50. The second-order valence-electron chi connectivity index (χ2n) is 6.94. The van der Waals surface area contributed by atoms with E-state index in [9.17, 15) is 15.0 Å². The van der Waals surface area contributed by atoms with Gasteiger partial charge in [-0.1, -0.05) is 50.1 Å². The highest BCUT2D eigenvalue weighted by atomic mass is 16.4. The molecule has 29 heavy (non-hydrogen) atoms. The third-order valence-corrected chi connectivity index (χ3v) is 4.68. The van der Waals surface area contributed by atoms with Gasteiger partial charge in [0.15, 0.2) is 0 Å². The smallest absolute Gasteiger partial charge is 0.326 e. The number of rotatable bonds is 9. The average molecular weight is 391 g/mol. The number of nitrogens with one attached hydrogen (secondary N) is 1. The van der Waals surface area contributed by atoms with Crippen LogP contribution in [-0.4, -0.2) is 32.2 Å². The Morgan fingerprint density at radius 1 is 1.10 bits per heavy atom. The number of aromatic nitrogens is 2. The second kappa shape index (κ2) is 9.68. The number of anilines is 1. The van der Waals surface area contributed by atoms with Crippen LogP contribution in [0, 0.1) is 0 Å². The Balaban J connectivity index is 1.95. The van der Waals surface area contributed by atoms with Gasteiger partial charge in [0.1, 0.15) is 17.6 Å². The molecule has 1 atom stereocenters. The minimum atomic E-state index is -0.895. The number of hydrogen-bond donors (Lipinski definition) is 3. The van der Waals surface area contributed by atoms with Gasteiger partial charge in [0, 0.05) is 12.0 Å². The van der Waals surface area contributed by atoms with Crippen LogP contribution >= 0.6 is 0 Å². The summed E-state index contributed by atoms with van der Waals surface area (Å²) in [7, 11) is 0. The number of aliphatic carboxylic acids is 1. The van der Waals surface area contributed by atoms with E-state index in [4.69, 9.17) is 4.98 Å². The Labute approximate surface area is 170 Å². The fourth-order valence-electron chi connectivity index (χ4n) is 3.06. The van der Waals surface area contributed by atoms with Crippen LogP contribution in [0.1, 0.15) is 37.4 Å². The summed E-state index contributed by atoms with van der Waals surface area (Å²) in [6.07, 6.45) is 4.42. The van der Waals surface area contributed by atoms with Gasteiger partial charge in [-0.05, 0) is 36.2 Å². The van der Waals surface area contributed by atoms with Gasteiger partial charge in [-0.25, -0.2) is 14.8 Å². The van der Waals surface area contributed by atoms with Crippen LogP contribution in [0.5, 0.6) is 5.75 Å². The van der Waals surface area contributed by atoms with E-state index in [2.05, 4.69) is 10.3 Å². The van der Waals surface area contributed by atoms with Crippen LogP contribution in [0.15, 0.2) is 60.8 Å². The van der Waals surface area contributed by atoms with Crippen molar-refractivity contribution in [2.24, 2.45) is 0 Å². The Hall–Kier alpha value is -3.41. The first-order chi connectivity index (χ1) is 14.1. The molecule has 2 aromatic carbocycles. The van der Waals surface area contributed by atoms with Gasteiger partial charge in [-0.15, -0.1) is 0 Å². The van der Waals surface area contributed by atoms with Gasteiger partial charge in [-0.2, -0.15) is 0 Å².